The molecule has 2 heterocycles. The zero-order valence-electron chi connectivity index (χ0n) is 9.37. The van der Waals surface area contributed by atoms with Gasteiger partial charge in [0, 0.05) is 6.61 Å². The van der Waals surface area contributed by atoms with Crippen molar-refractivity contribution >= 4 is 5.97 Å². The van der Waals surface area contributed by atoms with Crippen molar-refractivity contribution < 1.29 is 19.0 Å². The highest BCUT2D eigenvalue weighted by Crippen LogP contribution is 2.28. The standard InChI is InChI=1S/C13H14O4/c14-13(9-4-2-1-3-5-9)17-11-8-16-10-6-7-15-12(10)11/h1-5,10-12H,6-8H2/t10-,11?,12?/m1/s1. The maximum Gasteiger partial charge on any atom is 0.338 e. The normalized spacial score (nSPS) is 31.2. The van der Waals surface area contributed by atoms with E-state index in [2.05, 4.69) is 0 Å². The van der Waals surface area contributed by atoms with E-state index in [0.29, 0.717) is 18.8 Å². The van der Waals surface area contributed by atoms with Gasteiger partial charge in [-0.25, -0.2) is 4.79 Å². The molecular weight excluding hydrogens is 220 g/mol. The molecule has 0 aromatic heterocycles. The van der Waals surface area contributed by atoms with Crippen LogP contribution in [0, 0.1) is 0 Å². The molecule has 2 aliphatic rings. The smallest absolute Gasteiger partial charge is 0.338 e. The summed E-state index contributed by atoms with van der Waals surface area (Å²) in [4.78, 5) is 11.9. The molecular formula is C13H14O4. The topological polar surface area (TPSA) is 44.8 Å². The first-order valence-corrected chi connectivity index (χ1v) is 5.84. The Hall–Kier alpha value is -1.39. The van der Waals surface area contributed by atoms with Gasteiger partial charge in [0.05, 0.1) is 18.3 Å². The van der Waals surface area contributed by atoms with Gasteiger partial charge in [-0.15, -0.1) is 0 Å². The lowest BCUT2D eigenvalue weighted by molar-refractivity contribution is -0.0148. The highest BCUT2D eigenvalue weighted by Gasteiger charge is 2.44. The van der Waals surface area contributed by atoms with Crippen molar-refractivity contribution in [2.24, 2.45) is 0 Å². The predicted octanol–water partition coefficient (Wildman–Crippen LogP) is 1.40. The van der Waals surface area contributed by atoms with E-state index in [-0.39, 0.29) is 24.3 Å². The quantitative estimate of drug-likeness (QED) is 0.725. The van der Waals surface area contributed by atoms with E-state index in [1.54, 1.807) is 12.1 Å². The van der Waals surface area contributed by atoms with Gasteiger partial charge in [0.15, 0.2) is 6.10 Å². The monoisotopic (exact) mass is 234 g/mol. The lowest BCUT2D eigenvalue weighted by Gasteiger charge is -2.16. The number of hydrogen-bond donors (Lipinski definition) is 0. The number of carbonyl (C=O) groups is 1. The maximum absolute atomic E-state index is 11.9. The van der Waals surface area contributed by atoms with Crippen LogP contribution in [0.25, 0.3) is 0 Å². The molecule has 0 amide bonds. The molecule has 17 heavy (non-hydrogen) atoms. The van der Waals surface area contributed by atoms with Crippen LogP contribution in [-0.4, -0.2) is 37.5 Å². The summed E-state index contributed by atoms with van der Waals surface area (Å²) >= 11 is 0. The summed E-state index contributed by atoms with van der Waals surface area (Å²) < 4.78 is 16.5. The number of esters is 1. The van der Waals surface area contributed by atoms with Gasteiger partial charge >= 0.3 is 5.97 Å². The molecule has 2 unspecified atom stereocenters. The van der Waals surface area contributed by atoms with Crippen LogP contribution in [0.4, 0.5) is 0 Å². The number of ether oxygens (including phenoxy) is 3. The molecule has 2 fully saturated rings. The second kappa shape index (κ2) is 4.47. The van der Waals surface area contributed by atoms with Crippen molar-refractivity contribution in [3.63, 3.8) is 0 Å². The van der Waals surface area contributed by atoms with Crippen LogP contribution in [-0.2, 0) is 14.2 Å². The molecule has 0 bridgehead atoms. The van der Waals surface area contributed by atoms with Crippen LogP contribution in [0.3, 0.4) is 0 Å². The molecule has 2 aliphatic heterocycles. The zero-order valence-corrected chi connectivity index (χ0v) is 9.37. The Morgan fingerprint density at radius 2 is 2.06 bits per heavy atom. The minimum Gasteiger partial charge on any atom is -0.453 e. The molecule has 90 valence electrons. The Kier molecular flexibility index (Phi) is 2.82. The lowest BCUT2D eigenvalue weighted by atomic mass is 10.1. The minimum atomic E-state index is -0.310. The van der Waals surface area contributed by atoms with E-state index in [0.717, 1.165) is 6.42 Å². The molecule has 2 saturated heterocycles. The van der Waals surface area contributed by atoms with Crippen LogP contribution in [0.15, 0.2) is 30.3 Å². The third kappa shape index (κ3) is 2.06. The maximum atomic E-state index is 11.9. The van der Waals surface area contributed by atoms with Gasteiger partial charge < -0.3 is 14.2 Å². The zero-order chi connectivity index (χ0) is 11.7. The molecule has 3 rings (SSSR count). The van der Waals surface area contributed by atoms with Crippen LogP contribution in [0.5, 0.6) is 0 Å². The highest BCUT2D eigenvalue weighted by atomic mass is 16.6. The van der Waals surface area contributed by atoms with E-state index >= 15 is 0 Å². The van der Waals surface area contributed by atoms with Gasteiger partial charge in [0.25, 0.3) is 0 Å². The third-order valence-electron chi connectivity index (χ3n) is 3.19. The van der Waals surface area contributed by atoms with Gasteiger partial charge in [0.1, 0.15) is 6.10 Å². The molecule has 3 atom stereocenters. The summed E-state index contributed by atoms with van der Waals surface area (Å²) in [6.07, 6.45) is 0.644. The fraction of sp³-hybridized carbons (Fsp3) is 0.462. The molecule has 0 spiro atoms. The van der Waals surface area contributed by atoms with E-state index < -0.39 is 0 Å². The molecule has 4 heteroatoms. The van der Waals surface area contributed by atoms with E-state index in [9.17, 15) is 4.79 Å². The molecule has 0 aliphatic carbocycles. The van der Waals surface area contributed by atoms with Crippen LogP contribution >= 0.6 is 0 Å². The summed E-state index contributed by atoms with van der Waals surface area (Å²) in [6.45, 7) is 1.13. The first-order chi connectivity index (χ1) is 8.34. The molecule has 1 aromatic rings. The van der Waals surface area contributed by atoms with Crippen LogP contribution in [0.2, 0.25) is 0 Å². The SMILES string of the molecule is O=C(OC1CO[C@@H]2CCOC12)c1ccccc1. The largest absolute Gasteiger partial charge is 0.453 e. The molecule has 1 aromatic carbocycles. The average Bonchev–Trinajstić information content (AvgIpc) is 2.95. The van der Waals surface area contributed by atoms with E-state index in [4.69, 9.17) is 14.2 Å². The number of carbonyl (C=O) groups excluding carboxylic acids is 1. The van der Waals surface area contributed by atoms with E-state index in [1.165, 1.54) is 0 Å². The number of benzene rings is 1. The lowest BCUT2D eigenvalue weighted by Crippen LogP contribution is -2.32. The molecule has 0 saturated carbocycles. The van der Waals surface area contributed by atoms with Crippen molar-refractivity contribution in [3.8, 4) is 0 Å². The Morgan fingerprint density at radius 1 is 1.24 bits per heavy atom. The first-order valence-electron chi connectivity index (χ1n) is 5.84. The highest BCUT2D eigenvalue weighted by molar-refractivity contribution is 5.89. The summed E-state index contributed by atoms with van der Waals surface area (Å²) in [6, 6.07) is 8.98. The summed E-state index contributed by atoms with van der Waals surface area (Å²) in [5.41, 5.74) is 0.564. The Labute approximate surface area is 99.5 Å². The average molecular weight is 234 g/mol. The van der Waals surface area contributed by atoms with E-state index in [1.807, 2.05) is 18.2 Å². The predicted molar refractivity (Wildman–Crippen MR) is 59.7 cm³/mol. The van der Waals surface area contributed by atoms with Crippen LogP contribution < -0.4 is 0 Å². The Morgan fingerprint density at radius 3 is 2.88 bits per heavy atom. The number of fused-ring (bicyclic) bond motifs is 1. The summed E-state index contributed by atoms with van der Waals surface area (Å²) in [5.74, 6) is -0.310. The van der Waals surface area contributed by atoms with Crippen molar-refractivity contribution in [3.05, 3.63) is 35.9 Å². The Balaban J connectivity index is 1.66. The van der Waals surface area contributed by atoms with Gasteiger partial charge in [0.2, 0.25) is 0 Å². The van der Waals surface area contributed by atoms with Crippen molar-refractivity contribution in [1.82, 2.24) is 0 Å². The molecule has 4 nitrogen and oxygen atoms in total. The van der Waals surface area contributed by atoms with Crippen LogP contribution in [0.1, 0.15) is 16.8 Å². The van der Waals surface area contributed by atoms with Crippen molar-refractivity contribution in [2.45, 2.75) is 24.7 Å². The third-order valence-corrected chi connectivity index (χ3v) is 3.19. The van der Waals surface area contributed by atoms with Gasteiger partial charge in [-0.2, -0.15) is 0 Å². The van der Waals surface area contributed by atoms with Gasteiger partial charge in [-0.3, -0.25) is 0 Å². The number of hydrogen-bond acceptors (Lipinski definition) is 4. The minimum absolute atomic E-state index is 0.0809. The molecule has 0 radical (unpaired) electrons. The van der Waals surface area contributed by atoms with Gasteiger partial charge in [-0.05, 0) is 18.6 Å². The van der Waals surface area contributed by atoms with Crippen molar-refractivity contribution in [2.75, 3.05) is 13.2 Å². The Bertz CT molecular complexity index is 403. The summed E-state index contributed by atoms with van der Waals surface area (Å²) in [5, 5.41) is 0. The molecule has 0 N–H and O–H groups in total. The first kappa shape index (κ1) is 10.7. The van der Waals surface area contributed by atoms with Gasteiger partial charge in [-0.1, -0.05) is 18.2 Å². The fourth-order valence-corrected chi connectivity index (χ4v) is 2.31. The second-order valence-corrected chi connectivity index (χ2v) is 4.31. The number of rotatable bonds is 2. The van der Waals surface area contributed by atoms with Crippen molar-refractivity contribution in [1.29, 1.82) is 0 Å². The fourth-order valence-electron chi connectivity index (χ4n) is 2.31. The summed E-state index contributed by atoms with van der Waals surface area (Å²) in [7, 11) is 0. The second-order valence-electron chi connectivity index (χ2n) is 4.31.